The van der Waals surface area contributed by atoms with E-state index in [4.69, 9.17) is 0 Å². The van der Waals surface area contributed by atoms with Crippen LogP contribution in [-0.2, 0) is 6.54 Å². The minimum Gasteiger partial charge on any atom is -0.385 e. The van der Waals surface area contributed by atoms with Crippen LogP contribution in [-0.4, -0.2) is 21.1 Å². The number of fused-ring (bicyclic) bond motifs is 1. The molecule has 20 heavy (non-hydrogen) atoms. The predicted molar refractivity (Wildman–Crippen MR) is 81.4 cm³/mol. The van der Waals surface area contributed by atoms with Gasteiger partial charge in [-0.15, -0.1) is 11.3 Å². The fourth-order valence-corrected chi connectivity index (χ4v) is 2.78. The van der Waals surface area contributed by atoms with Crippen LogP contribution in [0.25, 0.3) is 10.2 Å². The highest BCUT2D eigenvalue weighted by Crippen LogP contribution is 2.14. The molecule has 0 aromatic carbocycles. The zero-order chi connectivity index (χ0) is 13.9. The molecular formula is C14H14N4OS. The zero-order valence-electron chi connectivity index (χ0n) is 11.0. The van der Waals surface area contributed by atoms with Crippen LogP contribution in [0.3, 0.4) is 0 Å². The molecule has 0 bridgehead atoms. The Labute approximate surface area is 119 Å². The molecule has 6 heteroatoms. The van der Waals surface area contributed by atoms with Crippen LogP contribution >= 0.6 is 11.3 Å². The van der Waals surface area contributed by atoms with Crippen molar-refractivity contribution in [3.63, 3.8) is 0 Å². The third-order valence-electron chi connectivity index (χ3n) is 2.98. The van der Waals surface area contributed by atoms with Gasteiger partial charge in [0.1, 0.15) is 4.83 Å². The lowest BCUT2D eigenvalue weighted by atomic mass is 10.3. The molecule has 3 aromatic rings. The van der Waals surface area contributed by atoms with E-state index >= 15 is 0 Å². The lowest BCUT2D eigenvalue weighted by Crippen LogP contribution is -2.21. The highest BCUT2D eigenvalue weighted by atomic mass is 32.1. The van der Waals surface area contributed by atoms with E-state index in [-0.39, 0.29) is 5.56 Å². The molecule has 0 atom stereocenters. The molecule has 3 heterocycles. The molecule has 0 aliphatic heterocycles. The molecular weight excluding hydrogens is 272 g/mol. The number of aromatic nitrogens is 3. The SMILES string of the molecule is CCNc1ccnc(Cn2cnc3sccc3c2=O)c1. The summed E-state index contributed by atoms with van der Waals surface area (Å²) >= 11 is 1.48. The summed E-state index contributed by atoms with van der Waals surface area (Å²) in [7, 11) is 0. The van der Waals surface area contributed by atoms with Crippen molar-refractivity contribution >= 4 is 27.2 Å². The Bertz CT molecular complexity index is 793. The fourth-order valence-electron chi connectivity index (χ4n) is 2.06. The van der Waals surface area contributed by atoms with Gasteiger partial charge in [-0.05, 0) is 30.5 Å². The van der Waals surface area contributed by atoms with Crippen molar-refractivity contribution in [2.45, 2.75) is 13.5 Å². The Morgan fingerprint density at radius 1 is 1.35 bits per heavy atom. The molecule has 0 spiro atoms. The molecule has 0 unspecified atom stereocenters. The van der Waals surface area contributed by atoms with Gasteiger partial charge in [-0.3, -0.25) is 14.3 Å². The van der Waals surface area contributed by atoms with E-state index in [2.05, 4.69) is 15.3 Å². The normalized spacial score (nSPS) is 10.8. The third kappa shape index (κ3) is 2.42. The maximum atomic E-state index is 12.3. The summed E-state index contributed by atoms with van der Waals surface area (Å²) in [5.41, 5.74) is 1.82. The Kier molecular flexibility index (Phi) is 3.47. The van der Waals surface area contributed by atoms with E-state index in [9.17, 15) is 4.79 Å². The molecule has 3 rings (SSSR count). The number of nitrogens with one attached hydrogen (secondary N) is 1. The molecule has 3 aromatic heterocycles. The first-order valence-electron chi connectivity index (χ1n) is 6.39. The predicted octanol–water partition coefficient (Wildman–Crippen LogP) is 2.33. The van der Waals surface area contributed by atoms with Crippen LogP contribution in [0.4, 0.5) is 5.69 Å². The number of anilines is 1. The maximum absolute atomic E-state index is 12.3. The molecule has 0 saturated heterocycles. The topological polar surface area (TPSA) is 59.8 Å². The van der Waals surface area contributed by atoms with Gasteiger partial charge in [0, 0.05) is 18.4 Å². The Hall–Kier alpha value is -2.21. The van der Waals surface area contributed by atoms with Gasteiger partial charge in [-0.1, -0.05) is 0 Å². The number of rotatable bonds is 4. The van der Waals surface area contributed by atoms with Crippen molar-refractivity contribution < 1.29 is 0 Å². The first-order chi connectivity index (χ1) is 9.78. The van der Waals surface area contributed by atoms with E-state index in [0.717, 1.165) is 22.8 Å². The molecule has 0 radical (unpaired) electrons. The number of thiophene rings is 1. The first-order valence-corrected chi connectivity index (χ1v) is 7.27. The number of pyridine rings is 1. The monoisotopic (exact) mass is 286 g/mol. The van der Waals surface area contributed by atoms with Gasteiger partial charge in [0.15, 0.2) is 0 Å². The summed E-state index contributed by atoms with van der Waals surface area (Å²) in [6.07, 6.45) is 3.33. The highest BCUT2D eigenvalue weighted by molar-refractivity contribution is 7.16. The molecule has 1 N–H and O–H groups in total. The summed E-state index contributed by atoms with van der Waals surface area (Å²) in [6, 6.07) is 5.68. The maximum Gasteiger partial charge on any atom is 0.262 e. The van der Waals surface area contributed by atoms with Crippen molar-refractivity contribution in [3.05, 3.63) is 52.2 Å². The number of hydrogen-bond donors (Lipinski definition) is 1. The largest absolute Gasteiger partial charge is 0.385 e. The molecule has 102 valence electrons. The van der Waals surface area contributed by atoms with E-state index in [1.165, 1.54) is 11.3 Å². The molecule has 0 saturated carbocycles. The lowest BCUT2D eigenvalue weighted by molar-refractivity contribution is 0.731. The minimum absolute atomic E-state index is 0.0214. The zero-order valence-corrected chi connectivity index (χ0v) is 11.9. The number of nitrogens with zero attached hydrogens (tertiary/aromatic N) is 3. The molecule has 0 amide bonds. The van der Waals surface area contributed by atoms with Crippen LogP contribution in [0, 0.1) is 0 Å². The van der Waals surface area contributed by atoms with Crippen LogP contribution in [0.15, 0.2) is 40.9 Å². The van der Waals surface area contributed by atoms with Crippen molar-refractivity contribution in [2.24, 2.45) is 0 Å². The van der Waals surface area contributed by atoms with Gasteiger partial charge in [0.2, 0.25) is 0 Å². The summed E-state index contributed by atoms with van der Waals surface area (Å²) < 4.78 is 1.59. The van der Waals surface area contributed by atoms with Gasteiger partial charge < -0.3 is 5.32 Å². The Morgan fingerprint density at radius 3 is 3.10 bits per heavy atom. The second-order valence-electron chi connectivity index (χ2n) is 4.38. The summed E-state index contributed by atoms with van der Waals surface area (Å²) in [6.45, 7) is 3.32. The Balaban J connectivity index is 1.94. The van der Waals surface area contributed by atoms with Crippen LogP contribution < -0.4 is 10.9 Å². The second kappa shape index (κ2) is 5.42. The van der Waals surface area contributed by atoms with Gasteiger partial charge >= 0.3 is 0 Å². The smallest absolute Gasteiger partial charge is 0.262 e. The summed E-state index contributed by atoms with van der Waals surface area (Å²) in [4.78, 5) is 21.7. The standard InChI is InChI=1S/C14H14N4OS/c1-2-15-10-3-5-16-11(7-10)8-18-9-17-13-12(14(18)19)4-6-20-13/h3-7,9H,2,8H2,1H3,(H,15,16). The van der Waals surface area contributed by atoms with E-state index in [1.54, 1.807) is 17.1 Å². The van der Waals surface area contributed by atoms with Crippen LogP contribution in [0.1, 0.15) is 12.6 Å². The van der Waals surface area contributed by atoms with Crippen LogP contribution in [0.5, 0.6) is 0 Å². The molecule has 5 nitrogen and oxygen atoms in total. The third-order valence-corrected chi connectivity index (χ3v) is 3.80. The summed E-state index contributed by atoms with van der Waals surface area (Å²) in [5.74, 6) is 0. The highest BCUT2D eigenvalue weighted by Gasteiger charge is 2.06. The lowest BCUT2D eigenvalue weighted by Gasteiger charge is -2.07. The molecule has 0 aliphatic carbocycles. The van der Waals surface area contributed by atoms with Gasteiger partial charge in [-0.2, -0.15) is 0 Å². The molecule has 0 aliphatic rings. The van der Waals surface area contributed by atoms with Gasteiger partial charge in [-0.25, -0.2) is 4.98 Å². The van der Waals surface area contributed by atoms with Crippen molar-refractivity contribution in [1.82, 2.24) is 14.5 Å². The first kappa shape index (κ1) is 12.8. The van der Waals surface area contributed by atoms with E-state index in [1.807, 2.05) is 30.5 Å². The fraction of sp³-hybridized carbons (Fsp3) is 0.214. The average Bonchev–Trinajstić information content (AvgIpc) is 2.92. The van der Waals surface area contributed by atoms with Crippen molar-refractivity contribution in [3.8, 4) is 0 Å². The molecule has 0 fully saturated rings. The average molecular weight is 286 g/mol. The van der Waals surface area contributed by atoms with Crippen LogP contribution in [0.2, 0.25) is 0 Å². The quantitative estimate of drug-likeness (QED) is 0.799. The van der Waals surface area contributed by atoms with E-state index in [0.29, 0.717) is 11.9 Å². The van der Waals surface area contributed by atoms with Gasteiger partial charge in [0.05, 0.1) is 24.0 Å². The minimum atomic E-state index is -0.0214. The van der Waals surface area contributed by atoms with Crippen molar-refractivity contribution in [2.75, 3.05) is 11.9 Å². The number of hydrogen-bond acceptors (Lipinski definition) is 5. The second-order valence-corrected chi connectivity index (χ2v) is 5.28. The van der Waals surface area contributed by atoms with Crippen molar-refractivity contribution in [1.29, 1.82) is 0 Å². The van der Waals surface area contributed by atoms with E-state index < -0.39 is 0 Å². The Morgan fingerprint density at radius 2 is 2.25 bits per heavy atom. The van der Waals surface area contributed by atoms with Gasteiger partial charge in [0.25, 0.3) is 5.56 Å². The summed E-state index contributed by atoms with van der Waals surface area (Å²) in [5, 5.41) is 5.78.